The van der Waals surface area contributed by atoms with Gasteiger partial charge in [-0.2, -0.15) is 0 Å². The van der Waals surface area contributed by atoms with Gasteiger partial charge < -0.3 is 4.74 Å². The van der Waals surface area contributed by atoms with Gasteiger partial charge in [0.1, 0.15) is 11.6 Å². The lowest BCUT2D eigenvalue weighted by Crippen LogP contribution is -2.27. The molecule has 3 rings (SSSR count). The zero-order chi connectivity index (χ0) is 15.9. The molecule has 3 nitrogen and oxygen atoms in total. The molecule has 0 aromatic heterocycles. The molecule has 1 aliphatic rings. The molecule has 0 radical (unpaired) electrons. The molecule has 0 saturated heterocycles. The normalized spacial score (nSPS) is 21.0. The second-order valence-corrected chi connectivity index (χ2v) is 7.90. The van der Waals surface area contributed by atoms with E-state index in [9.17, 15) is 12.8 Å². The highest BCUT2D eigenvalue weighted by molar-refractivity contribution is 7.91. The number of halogens is 2. The van der Waals surface area contributed by atoms with Crippen molar-refractivity contribution >= 4 is 21.4 Å². The fourth-order valence-electron chi connectivity index (χ4n) is 2.65. The summed E-state index contributed by atoms with van der Waals surface area (Å²) in [6.07, 6.45) is 0.0200. The van der Waals surface area contributed by atoms with Gasteiger partial charge in [0.2, 0.25) is 0 Å². The highest BCUT2D eigenvalue weighted by Gasteiger charge is 2.36. The lowest BCUT2D eigenvalue weighted by molar-refractivity contribution is 0.188. The first-order chi connectivity index (χ1) is 10.4. The molecule has 116 valence electrons. The molecule has 1 heterocycles. The molecule has 0 amide bonds. The van der Waals surface area contributed by atoms with Crippen LogP contribution in [-0.2, 0) is 9.84 Å². The Labute approximate surface area is 133 Å². The minimum absolute atomic E-state index is 0.172. The molecule has 1 aliphatic heterocycles. The Morgan fingerprint density at radius 3 is 2.55 bits per heavy atom. The van der Waals surface area contributed by atoms with Gasteiger partial charge in [-0.1, -0.05) is 11.6 Å². The summed E-state index contributed by atoms with van der Waals surface area (Å²) in [4.78, 5) is 0.172. The largest absolute Gasteiger partial charge is 0.490 e. The standard InChI is InChI=1S/C16H14ClFO3S/c1-10-8-16(14-9-12(18)4-7-15(14)21-10)22(19,20)13-5-2-11(17)3-6-13/h2-7,9-10,16H,8H2,1H3. The van der Waals surface area contributed by atoms with Crippen molar-refractivity contribution < 1.29 is 17.5 Å². The number of benzene rings is 2. The van der Waals surface area contributed by atoms with Crippen molar-refractivity contribution in [3.8, 4) is 5.75 Å². The monoisotopic (exact) mass is 340 g/mol. The van der Waals surface area contributed by atoms with Crippen LogP contribution in [0.25, 0.3) is 0 Å². The Kier molecular flexibility index (Phi) is 3.87. The molecule has 22 heavy (non-hydrogen) atoms. The Morgan fingerprint density at radius 1 is 1.18 bits per heavy atom. The van der Waals surface area contributed by atoms with Crippen molar-refractivity contribution in [3.63, 3.8) is 0 Å². The molecule has 2 aromatic rings. The van der Waals surface area contributed by atoms with E-state index in [1.54, 1.807) is 6.92 Å². The Bertz CT molecular complexity index is 803. The molecular formula is C16H14ClFO3S. The van der Waals surface area contributed by atoms with Gasteiger partial charge in [-0.15, -0.1) is 0 Å². The van der Waals surface area contributed by atoms with E-state index < -0.39 is 20.9 Å². The highest BCUT2D eigenvalue weighted by Crippen LogP contribution is 2.42. The maximum Gasteiger partial charge on any atom is 0.185 e. The number of hydrogen-bond donors (Lipinski definition) is 0. The second kappa shape index (κ2) is 5.56. The van der Waals surface area contributed by atoms with E-state index in [-0.39, 0.29) is 17.4 Å². The van der Waals surface area contributed by atoms with Crippen LogP contribution < -0.4 is 4.74 Å². The molecule has 0 spiro atoms. The number of ether oxygens (including phenoxy) is 1. The third kappa shape index (κ3) is 2.71. The van der Waals surface area contributed by atoms with E-state index in [4.69, 9.17) is 16.3 Å². The van der Waals surface area contributed by atoms with Gasteiger partial charge in [0.05, 0.1) is 16.2 Å². The van der Waals surface area contributed by atoms with E-state index >= 15 is 0 Å². The molecule has 2 atom stereocenters. The van der Waals surface area contributed by atoms with Crippen LogP contribution in [-0.4, -0.2) is 14.5 Å². The van der Waals surface area contributed by atoms with Gasteiger partial charge in [0.15, 0.2) is 9.84 Å². The predicted molar refractivity (Wildman–Crippen MR) is 82.5 cm³/mol. The van der Waals surface area contributed by atoms with Crippen molar-refractivity contribution in [1.29, 1.82) is 0 Å². The van der Waals surface area contributed by atoms with Crippen LogP contribution in [0.15, 0.2) is 47.4 Å². The van der Waals surface area contributed by atoms with Crippen LogP contribution in [0.5, 0.6) is 5.75 Å². The molecule has 0 fully saturated rings. The van der Waals surface area contributed by atoms with Crippen molar-refractivity contribution in [1.82, 2.24) is 0 Å². The summed E-state index contributed by atoms with van der Waals surface area (Å²) in [6, 6.07) is 9.98. The molecule has 0 saturated carbocycles. The first-order valence-electron chi connectivity index (χ1n) is 6.83. The number of fused-ring (bicyclic) bond motifs is 1. The first-order valence-corrected chi connectivity index (χ1v) is 8.76. The summed E-state index contributed by atoms with van der Waals surface area (Å²) >= 11 is 5.81. The molecule has 0 bridgehead atoms. The molecule has 6 heteroatoms. The second-order valence-electron chi connectivity index (χ2n) is 5.33. The minimum Gasteiger partial charge on any atom is -0.490 e. The van der Waals surface area contributed by atoms with Crippen LogP contribution in [0.2, 0.25) is 5.02 Å². The van der Waals surface area contributed by atoms with Crippen molar-refractivity contribution in [3.05, 3.63) is 58.9 Å². The van der Waals surface area contributed by atoms with E-state index in [1.165, 1.54) is 42.5 Å². The summed E-state index contributed by atoms with van der Waals surface area (Å²) in [5.41, 5.74) is 0.369. The van der Waals surface area contributed by atoms with E-state index in [0.717, 1.165) is 0 Å². The summed E-state index contributed by atoms with van der Waals surface area (Å²) in [5, 5.41) is -0.367. The van der Waals surface area contributed by atoms with Crippen molar-refractivity contribution in [2.45, 2.75) is 29.6 Å². The van der Waals surface area contributed by atoms with Crippen LogP contribution in [0.4, 0.5) is 4.39 Å². The van der Waals surface area contributed by atoms with Crippen LogP contribution in [0.1, 0.15) is 24.2 Å². The number of rotatable bonds is 2. The van der Waals surface area contributed by atoms with Gasteiger partial charge in [0.25, 0.3) is 0 Å². The van der Waals surface area contributed by atoms with E-state index in [2.05, 4.69) is 0 Å². The lowest BCUT2D eigenvalue weighted by Gasteiger charge is -2.30. The summed E-state index contributed by atoms with van der Waals surface area (Å²) in [7, 11) is -3.65. The lowest BCUT2D eigenvalue weighted by atomic mass is 10.0. The molecular weight excluding hydrogens is 327 g/mol. The van der Waals surface area contributed by atoms with Gasteiger partial charge in [-0.05, 0) is 49.4 Å². The third-order valence-corrected chi connectivity index (χ3v) is 6.09. The van der Waals surface area contributed by atoms with Gasteiger partial charge in [-0.25, -0.2) is 12.8 Å². The van der Waals surface area contributed by atoms with Crippen LogP contribution in [0, 0.1) is 5.82 Å². The average molecular weight is 341 g/mol. The minimum atomic E-state index is -3.65. The topological polar surface area (TPSA) is 43.4 Å². The zero-order valence-corrected chi connectivity index (χ0v) is 13.4. The molecule has 0 N–H and O–H groups in total. The van der Waals surface area contributed by atoms with Crippen molar-refractivity contribution in [2.24, 2.45) is 0 Å². The summed E-state index contributed by atoms with van der Waals surface area (Å²) in [5.74, 6) is -0.0594. The van der Waals surface area contributed by atoms with E-state index in [0.29, 0.717) is 16.3 Å². The quantitative estimate of drug-likeness (QED) is 0.824. The third-order valence-electron chi connectivity index (χ3n) is 3.71. The fourth-order valence-corrected chi connectivity index (χ4v) is 4.67. The number of sulfone groups is 1. The Hall–Kier alpha value is -1.59. The van der Waals surface area contributed by atoms with Gasteiger partial charge in [0, 0.05) is 17.0 Å². The zero-order valence-electron chi connectivity index (χ0n) is 11.8. The highest BCUT2D eigenvalue weighted by atomic mass is 35.5. The summed E-state index contributed by atoms with van der Waals surface area (Å²) < 4.78 is 44.9. The smallest absolute Gasteiger partial charge is 0.185 e. The van der Waals surface area contributed by atoms with Crippen LogP contribution in [0.3, 0.4) is 0 Å². The maximum atomic E-state index is 13.5. The predicted octanol–water partition coefficient (Wildman–Crippen LogP) is 4.17. The van der Waals surface area contributed by atoms with Crippen LogP contribution >= 0.6 is 11.6 Å². The first kappa shape index (κ1) is 15.3. The molecule has 2 aromatic carbocycles. The molecule has 0 aliphatic carbocycles. The Balaban J connectivity index is 2.11. The Morgan fingerprint density at radius 2 is 1.86 bits per heavy atom. The SMILES string of the molecule is CC1CC(S(=O)(=O)c2ccc(Cl)cc2)c2cc(F)ccc2O1. The summed E-state index contributed by atoms with van der Waals surface area (Å²) in [6.45, 7) is 1.80. The fraction of sp³-hybridized carbons (Fsp3) is 0.250. The average Bonchev–Trinajstić information content (AvgIpc) is 2.47. The van der Waals surface area contributed by atoms with Crippen molar-refractivity contribution in [2.75, 3.05) is 0 Å². The van der Waals surface area contributed by atoms with Gasteiger partial charge >= 0.3 is 0 Å². The number of hydrogen-bond acceptors (Lipinski definition) is 3. The van der Waals surface area contributed by atoms with E-state index in [1.807, 2.05) is 0 Å². The maximum absolute atomic E-state index is 13.5. The molecule has 2 unspecified atom stereocenters. The van der Waals surface area contributed by atoms with Gasteiger partial charge in [-0.3, -0.25) is 0 Å².